The first-order valence-electron chi connectivity index (χ1n) is 3.84. The molecule has 0 aliphatic rings. The van der Waals surface area contributed by atoms with Crippen LogP contribution in [0.1, 0.15) is 27.7 Å². The third kappa shape index (κ3) is 3.85. The van der Waals surface area contributed by atoms with Gasteiger partial charge in [-0.15, -0.1) is 0 Å². The van der Waals surface area contributed by atoms with Crippen LogP contribution in [0.2, 0.25) is 0 Å². The zero-order chi connectivity index (χ0) is 8.15. The molecular formula is C8H18O2. The van der Waals surface area contributed by atoms with Gasteiger partial charge in [-0.05, 0) is 20.8 Å². The number of ether oxygens (including phenoxy) is 1. The van der Waals surface area contributed by atoms with E-state index in [1.165, 1.54) is 0 Å². The molecule has 0 saturated heterocycles. The van der Waals surface area contributed by atoms with Crippen LogP contribution < -0.4 is 0 Å². The number of aliphatic hydroxyl groups is 1. The molecule has 0 amide bonds. The van der Waals surface area contributed by atoms with Gasteiger partial charge in [-0.2, -0.15) is 0 Å². The highest BCUT2D eigenvalue weighted by Gasteiger charge is 2.12. The predicted molar refractivity (Wildman–Crippen MR) is 41.9 cm³/mol. The van der Waals surface area contributed by atoms with E-state index in [1.54, 1.807) is 0 Å². The summed E-state index contributed by atoms with van der Waals surface area (Å²) in [6.07, 6.45) is 0.411. The second-order valence-electron chi connectivity index (χ2n) is 3.05. The average Bonchev–Trinajstić information content (AvgIpc) is 1.85. The van der Waals surface area contributed by atoms with Crippen LogP contribution in [0, 0.1) is 5.92 Å². The maximum atomic E-state index is 8.74. The molecule has 2 unspecified atom stereocenters. The first-order valence-corrected chi connectivity index (χ1v) is 3.84. The van der Waals surface area contributed by atoms with Crippen LogP contribution in [-0.2, 0) is 4.74 Å². The second-order valence-corrected chi connectivity index (χ2v) is 3.05. The first kappa shape index (κ1) is 9.92. The Morgan fingerprint density at radius 1 is 1.20 bits per heavy atom. The van der Waals surface area contributed by atoms with Gasteiger partial charge in [0.1, 0.15) is 0 Å². The highest BCUT2D eigenvalue weighted by Crippen LogP contribution is 2.07. The molecule has 10 heavy (non-hydrogen) atoms. The third-order valence-electron chi connectivity index (χ3n) is 1.58. The van der Waals surface area contributed by atoms with E-state index in [1.807, 2.05) is 27.7 Å². The molecule has 2 nitrogen and oxygen atoms in total. The molecule has 0 fully saturated rings. The smallest absolute Gasteiger partial charge is 0.0597 e. The molecule has 0 aromatic rings. The number of aliphatic hydroxyl groups excluding tert-OH is 1. The van der Waals surface area contributed by atoms with Crippen molar-refractivity contribution in [1.29, 1.82) is 0 Å². The molecule has 0 aliphatic carbocycles. The van der Waals surface area contributed by atoms with Crippen molar-refractivity contribution in [3.05, 3.63) is 0 Å². The van der Waals surface area contributed by atoms with Gasteiger partial charge in [-0.1, -0.05) is 6.92 Å². The molecule has 0 rings (SSSR count). The Balaban J connectivity index is 3.50. The molecule has 0 radical (unpaired) electrons. The SMILES string of the molecule is CC(C)OC(C)C(C)CO. The summed E-state index contributed by atoms with van der Waals surface area (Å²) < 4.78 is 5.44. The van der Waals surface area contributed by atoms with Crippen molar-refractivity contribution in [1.82, 2.24) is 0 Å². The summed E-state index contributed by atoms with van der Waals surface area (Å²) in [5, 5.41) is 8.74. The van der Waals surface area contributed by atoms with Crippen LogP contribution in [-0.4, -0.2) is 23.9 Å². The molecule has 0 saturated carbocycles. The van der Waals surface area contributed by atoms with Gasteiger partial charge in [0.05, 0.1) is 12.2 Å². The van der Waals surface area contributed by atoms with Crippen molar-refractivity contribution in [3.63, 3.8) is 0 Å². The Hall–Kier alpha value is -0.0800. The monoisotopic (exact) mass is 146 g/mol. The number of rotatable bonds is 4. The van der Waals surface area contributed by atoms with Crippen LogP contribution in [0.25, 0.3) is 0 Å². The fourth-order valence-electron chi connectivity index (χ4n) is 0.712. The van der Waals surface area contributed by atoms with E-state index in [0.29, 0.717) is 0 Å². The summed E-state index contributed by atoms with van der Waals surface area (Å²) in [6, 6.07) is 0. The molecule has 0 bridgehead atoms. The van der Waals surface area contributed by atoms with Crippen molar-refractivity contribution in [2.45, 2.75) is 39.9 Å². The number of hydrogen-bond donors (Lipinski definition) is 1. The molecule has 2 heteroatoms. The molecular weight excluding hydrogens is 128 g/mol. The summed E-state index contributed by atoms with van der Waals surface area (Å²) in [6.45, 7) is 8.17. The van der Waals surface area contributed by atoms with Gasteiger partial charge in [-0.25, -0.2) is 0 Å². The summed E-state index contributed by atoms with van der Waals surface area (Å²) in [5.74, 6) is 0.238. The molecule has 2 atom stereocenters. The zero-order valence-electron chi connectivity index (χ0n) is 7.29. The predicted octanol–water partition coefficient (Wildman–Crippen LogP) is 1.43. The summed E-state index contributed by atoms with van der Waals surface area (Å²) >= 11 is 0. The minimum absolute atomic E-state index is 0.157. The van der Waals surface area contributed by atoms with Crippen LogP contribution in [0.15, 0.2) is 0 Å². The van der Waals surface area contributed by atoms with E-state index >= 15 is 0 Å². The normalized spacial score (nSPS) is 17.4. The minimum Gasteiger partial charge on any atom is -0.396 e. The fraction of sp³-hybridized carbons (Fsp3) is 1.00. The van der Waals surface area contributed by atoms with Gasteiger partial charge in [0.2, 0.25) is 0 Å². The quantitative estimate of drug-likeness (QED) is 0.650. The lowest BCUT2D eigenvalue weighted by molar-refractivity contribution is -0.0237. The Morgan fingerprint density at radius 2 is 1.70 bits per heavy atom. The summed E-state index contributed by atoms with van der Waals surface area (Å²) in [4.78, 5) is 0. The Labute approximate surface area is 63.2 Å². The lowest BCUT2D eigenvalue weighted by Crippen LogP contribution is -2.24. The Kier molecular flexibility index (Phi) is 4.65. The summed E-state index contributed by atoms with van der Waals surface area (Å²) in [7, 11) is 0. The minimum atomic E-state index is 0.157. The first-order chi connectivity index (χ1) is 4.57. The van der Waals surface area contributed by atoms with E-state index in [0.717, 1.165) is 0 Å². The van der Waals surface area contributed by atoms with Crippen molar-refractivity contribution in [2.75, 3.05) is 6.61 Å². The molecule has 62 valence electrons. The van der Waals surface area contributed by atoms with Gasteiger partial charge >= 0.3 is 0 Å². The topological polar surface area (TPSA) is 29.5 Å². The van der Waals surface area contributed by atoms with E-state index in [2.05, 4.69) is 0 Å². The standard InChI is InChI=1S/C8H18O2/c1-6(2)10-8(4)7(3)5-9/h6-9H,5H2,1-4H3. The molecule has 0 aromatic carbocycles. The second kappa shape index (κ2) is 4.69. The van der Waals surface area contributed by atoms with E-state index in [9.17, 15) is 0 Å². The van der Waals surface area contributed by atoms with E-state index in [-0.39, 0.29) is 24.7 Å². The third-order valence-corrected chi connectivity index (χ3v) is 1.58. The Morgan fingerprint density at radius 3 is 2.00 bits per heavy atom. The fourth-order valence-corrected chi connectivity index (χ4v) is 0.712. The van der Waals surface area contributed by atoms with Gasteiger partial charge in [0.25, 0.3) is 0 Å². The van der Waals surface area contributed by atoms with Gasteiger partial charge < -0.3 is 9.84 Å². The zero-order valence-corrected chi connectivity index (χ0v) is 7.29. The van der Waals surface area contributed by atoms with Crippen molar-refractivity contribution < 1.29 is 9.84 Å². The lowest BCUT2D eigenvalue weighted by atomic mass is 10.1. The van der Waals surface area contributed by atoms with Crippen molar-refractivity contribution >= 4 is 0 Å². The molecule has 1 N–H and O–H groups in total. The highest BCUT2D eigenvalue weighted by atomic mass is 16.5. The van der Waals surface area contributed by atoms with E-state index < -0.39 is 0 Å². The molecule has 0 spiro atoms. The summed E-state index contributed by atoms with van der Waals surface area (Å²) in [5.41, 5.74) is 0. The van der Waals surface area contributed by atoms with E-state index in [4.69, 9.17) is 9.84 Å². The maximum Gasteiger partial charge on any atom is 0.0597 e. The molecule has 0 heterocycles. The van der Waals surface area contributed by atoms with Crippen molar-refractivity contribution in [3.8, 4) is 0 Å². The maximum absolute atomic E-state index is 8.74. The number of hydrogen-bond acceptors (Lipinski definition) is 2. The average molecular weight is 146 g/mol. The largest absolute Gasteiger partial charge is 0.396 e. The molecule has 0 aliphatic heterocycles. The Bertz CT molecular complexity index is 81.3. The van der Waals surface area contributed by atoms with Gasteiger partial charge in [0.15, 0.2) is 0 Å². The van der Waals surface area contributed by atoms with Gasteiger partial charge in [0, 0.05) is 12.5 Å². The van der Waals surface area contributed by atoms with Crippen LogP contribution >= 0.6 is 0 Å². The lowest BCUT2D eigenvalue weighted by Gasteiger charge is -2.20. The molecule has 0 aromatic heterocycles. The van der Waals surface area contributed by atoms with Crippen molar-refractivity contribution in [2.24, 2.45) is 5.92 Å². The van der Waals surface area contributed by atoms with Gasteiger partial charge in [-0.3, -0.25) is 0 Å². The highest BCUT2D eigenvalue weighted by molar-refractivity contribution is 4.59. The van der Waals surface area contributed by atoms with Crippen LogP contribution in [0.3, 0.4) is 0 Å². The van der Waals surface area contributed by atoms with Crippen LogP contribution in [0.5, 0.6) is 0 Å². The van der Waals surface area contributed by atoms with Crippen LogP contribution in [0.4, 0.5) is 0 Å².